The molecule has 0 bridgehead atoms. The van der Waals surface area contributed by atoms with Crippen LogP contribution in [0.4, 0.5) is 4.39 Å². The minimum absolute atomic E-state index is 0.143. The molecule has 0 radical (unpaired) electrons. The lowest BCUT2D eigenvalue weighted by molar-refractivity contribution is 0.472. The molecule has 0 aliphatic heterocycles. The first-order chi connectivity index (χ1) is 9.10. The van der Waals surface area contributed by atoms with E-state index in [-0.39, 0.29) is 11.3 Å². The molecule has 3 heteroatoms. The molecule has 1 N–H and O–H groups in total. The first-order valence-corrected chi connectivity index (χ1v) is 6.98. The number of aromatic hydroxyl groups is 1. The van der Waals surface area contributed by atoms with Crippen molar-refractivity contribution in [1.29, 1.82) is 0 Å². The van der Waals surface area contributed by atoms with Crippen molar-refractivity contribution >= 4 is 26.7 Å². The normalized spacial score (nSPS) is 9.68. The first kappa shape index (κ1) is 15.5. The summed E-state index contributed by atoms with van der Waals surface area (Å²) in [5.41, 5.74) is 1.09. The van der Waals surface area contributed by atoms with E-state index in [1.807, 2.05) is 20.8 Å². The molecule has 1 nitrogen and oxygen atoms in total. The lowest BCUT2D eigenvalue weighted by Crippen LogP contribution is -1.93. The van der Waals surface area contributed by atoms with Gasteiger partial charge in [-0.15, -0.1) is 6.42 Å². The molecule has 100 valence electrons. The van der Waals surface area contributed by atoms with Crippen molar-refractivity contribution in [3.63, 3.8) is 0 Å². The first-order valence-electron chi connectivity index (χ1n) is 6.19. The molecule has 0 unspecified atom stereocenters. The van der Waals surface area contributed by atoms with Crippen LogP contribution in [0.25, 0.3) is 10.8 Å². The third-order valence-corrected chi connectivity index (χ3v) is 3.61. The lowest BCUT2D eigenvalue weighted by Gasteiger charge is -2.11. The van der Waals surface area contributed by atoms with Crippen LogP contribution >= 0.6 is 15.9 Å². The van der Waals surface area contributed by atoms with E-state index in [4.69, 9.17) is 6.42 Å². The third kappa shape index (κ3) is 2.74. The van der Waals surface area contributed by atoms with Crippen LogP contribution in [-0.2, 0) is 6.42 Å². The highest BCUT2D eigenvalue weighted by atomic mass is 79.9. The maximum absolute atomic E-state index is 13.6. The van der Waals surface area contributed by atoms with E-state index >= 15 is 0 Å². The predicted molar refractivity (Wildman–Crippen MR) is 81.9 cm³/mol. The van der Waals surface area contributed by atoms with E-state index in [1.165, 1.54) is 6.07 Å². The second kappa shape index (κ2) is 6.58. The molecular formula is C16H16BrFO. The number of halogens is 2. The summed E-state index contributed by atoms with van der Waals surface area (Å²) < 4.78 is 14.2. The Morgan fingerprint density at radius 1 is 1.37 bits per heavy atom. The smallest absolute Gasteiger partial charge is 0.139 e. The molecule has 19 heavy (non-hydrogen) atoms. The second-order valence-corrected chi connectivity index (χ2v) is 4.50. The van der Waals surface area contributed by atoms with Crippen LogP contribution in [0, 0.1) is 18.2 Å². The van der Waals surface area contributed by atoms with Crippen LogP contribution in [0.1, 0.15) is 31.9 Å². The number of terminal acetylenes is 1. The average Bonchev–Trinajstić information content (AvgIpc) is 2.44. The fourth-order valence-electron chi connectivity index (χ4n) is 1.95. The van der Waals surface area contributed by atoms with Gasteiger partial charge in [0.25, 0.3) is 0 Å². The third-order valence-electron chi connectivity index (χ3n) is 2.77. The fraction of sp³-hybridized carbons (Fsp3) is 0.250. The van der Waals surface area contributed by atoms with Gasteiger partial charge in [0, 0.05) is 10.8 Å². The molecule has 0 aliphatic rings. The van der Waals surface area contributed by atoms with Crippen molar-refractivity contribution in [1.82, 2.24) is 0 Å². The predicted octanol–water partition coefficient (Wildman–Crippen LogP) is 5.02. The summed E-state index contributed by atoms with van der Waals surface area (Å²) in [6.07, 6.45) is 6.04. The van der Waals surface area contributed by atoms with Gasteiger partial charge in [-0.05, 0) is 40.0 Å². The summed E-state index contributed by atoms with van der Waals surface area (Å²) in [5, 5.41) is 11.2. The maximum Gasteiger partial charge on any atom is 0.139 e. The molecule has 0 fully saturated rings. The van der Waals surface area contributed by atoms with Crippen LogP contribution in [-0.4, -0.2) is 5.11 Å². The van der Waals surface area contributed by atoms with E-state index in [0.29, 0.717) is 16.3 Å². The topological polar surface area (TPSA) is 20.2 Å². The molecule has 2 aromatic carbocycles. The molecule has 2 aromatic rings. The number of hydrogen-bond donors (Lipinski definition) is 1. The summed E-state index contributed by atoms with van der Waals surface area (Å²) in [4.78, 5) is 0. The van der Waals surface area contributed by atoms with Gasteiger partial charge in [-0.3, -0.25) is 0 Å². The number of fused-ring (bicyclic) bond motifs is 1. The number of aryl methyl sites for hydroxylation is 1. The summed E-state index contributed by atoms with van der Waals surface area (Å²) in [6.45, 7) is 5.94. The Hall–Kier alpha value is -1.53. The molecule has 0 atom stereocenters. The highest BCUT2D eigenvalue weighted by Gasteiger charge is 2.14. The van der Waals surface area contributed by atoms with Crippen LogP contribution in [0.15, 0.2) is 22.7 Å². The molecule has 2 rings (SSSR count). The molecule has 0 aromatic heterocycles. The summed E-state index contributed by atoms with van der Waals surface area (Å²) in [5.74, 6) is 2.11. The Morgan fingerprint density at radius 3 is 2.53 bits per heavy atom. The minimum atomic E-state index is -0.410. The molecule has 0 heterocycles. The van der Waals surface area contributed by atoms with E-state index in [0.717, 1.165) is 10.9 Å². The average molecular weight is 323 g/mol. The van der Waals surface area contributed by atoms with Crippen LogP contribution in [0.2, 0.25) is 0 Å². The van der Waals surface area contributed by atoms with Gasteiger partial charge < -0.3 is 5.11 Å². The van der Waals surface area contributed by atoms with Crippen molar-refractivity contribution in [2.45, 2.75) is 27.2 Å². The van der Waals surface area contributed by atoms with Gasteiger partial charge >= 0.3 is 0 Å². The van der Waals surface area contributed by atoms with E-state index < -0.39 is 5.82 Å². The zero-order valence-electron chi connectivity index (χ0n) is 11.2. The largest absolute Gasteiger partial charge is 0.507 e. The van der Waals surface area contributed by atoms with Gasteiger partial charge in [0.15, 0.2) is 0 Å². The lowest BCUT2D eigenvalue weighted by atomic mass is 9.97. The van der Waals surface area contributed by atoms with Gasteiger partial charge in [0.2, 0.25) is 0 Å². The van der Waals surface area contributed by atoms with Gasteiger partial charge in [-0.25, -0.2) is 4.39 Å². The molecule has 0 aliphatic carbocycles. The summed E-state index contributed by atoms with van der Waals surface area (Å²) in [6, 6.07) is 4.56. The van der Waals surface area contributed by atoms with Crippen LogP contribution in [0.5, 0.6) is 5.75 Å². The molecule has 0 saturated carbocycles. The van der Waals surface area contributed by atoms with Crippen molar-refractivity contribution < 1.29 is 9.50 Å². The summed E-state index contributed by atoms with van der Waals surface area (Å²) >= 11 is 3.29. The quantitative estimate of drug-likeness (QED) is 0.731. The van der Waals surface area contributed by atoms with E-state index in [9.17, 15) is 9.50 Å². The number of rotatable bonds is 1. The number of phenolic OH excluding ortho intramolecular Hbond substituents is 1. The Morgan fingerprint density at radius 2 is 2.00 bits per heavy atom. The van der Waals surface area contributed by atoms with Crippen LogP contribution < -0.4 is 0 Å². The number of phenols is 1. The molecular weight excluding hydrogens is 307 g/mol. The highest BCUT2D eigenvalue weighted by Crippen LogP contribution is 2.37. The van der Waals surface area contributed by atoms with E-state index in [2.05, 4.69) is 21.9 Å². The standard InChI is InChI=1S/C14H10BrFO.C2H6/c1-3-8-7-12(17)14(15)10-5-6-11(16)9(4-2)13(8)10;1-2/h2,5-7,17H,3H2,1H3;1-2H3. The van der Waals surface area contributed by atoms with Crippen molar-refractivity contribution in [2.75, 3.05) is 0 Å². The Balaban J connectivity index is 0.000000861. The Bertz CT molecular complexity index is 641. The monoisotopic (exact) mass is 322 g/mol. The SMILES string of the molecule is C#Cc1c(F)ccc2c(Br)c(O)cc(CC)c12.CC. The van der Waals surface area contributed by atoms with E-state index in [1.54, 1.807) is 12.1 Å². The Labute approximate surface area is 121 Å². The highest BCUT2D eigenvalue weighted by molar-refractivity contribution is 9.10. The molecule has 0 amide bonds. The van der Waals surface area contributed by atoms with Gasteiger partial charge in [0.05, 0.1) is 10.0 Å². The number of benzene rings is 2. The van der Waals surface area contributed by atoms with Gasteiger partial charge in [0.1, 0.15) is 11.6 Å². The zero-order chi connectivity index (χ0) is 14.6. The molecule has 0 spiro atoms. The number of hydrogen-bond acceptors (Lipinski definition) is 1. The van der Waals surface area contributed by atoms with Gasteiger partial charge in [-0.2, -0.15) is 0 Å². The zero-order valence-corrected chi connectivity index (χ0v) is 12.8. The van der Waals surface area contributed by atoms with Crippen molar-refractivity contribution in [2.24, 2.45) is 0 Å². The van der Waals surface area contributed by atoms with Crippen molar-refractivity contribution in [3.8, 4) is 18.1 Å². The maximum atomic E-state index is 13.6. The fourth-order valence-corrected chi connectivity index (χ4v) is 2.40. The Kier molecular flexibility index (Phi) is 5.38. The molecule has 0 saturated heterocycles. The minimum Gasteiger partial charge on any atom is -0.507 e. The van der Waals surface area contributed by atoms with Crippen molar-refractivity contribution in [3.05, 3.63) is 39.6 Å². The van der Waals surface area contributed by atoms with Crippen LogP contribution in [0.3, 0.4) is 0 Å². The second-order valence-electron chi connectivity index (χ2n) is 3.71. The summed E-state index contributed by atoms with van der Waals surface area (Å²) in [7, 11) is 0. The van der Waals surface area contributed by atoms with Gasteiger partial charge in [-0.1, -0.05) is 32.8 Å².